The Labute approximate surface area is 154 Å². The van der Waals surface area contributed by atoms with Gasteiger partial charge in [-0.2, -0.15) is 0 Å². The van der Waals surface area contributed by atoms with Gasteiger partial charge in [-0.15, -0.1) is 0 Å². The lowest BCUT2D eigenvalue weighted by Crippen LogP contribution is -1.84. The minimum Gasteiger partial charge on any atom is -0.0888 e. The molecular weight excluding hydrogens is 288 g/mol. The molecule has 0 saturated heterocycles. The van der Waals surface area contributed by atoms with E-state index in [2.05, 4.69) is 26.0 Å². The molecule has 0 unspecified atom stereocenters. The Morgan fingerprint density at radius 1 is 0.375 bits per heavy atom. The van der Waals surface area contributed by atoms with Crippen LogP contribution in [0.4, 0.5) is 0 Å². The van der Waals surface area contributed by atoms with Crippen molar-refractivity contribution in [1.82, 2.24) is 0 Å². The van der Waals surface area contributed by atoms with Crippen molar-refractivity contribution in [2.24, 2.45) is 0 Å². The van der Waals surface area contributed by atoms with Crippen LogP contribution in [0, 0.1) is 0 Å². The van der Waals surface area contributed by atoms with Crippen molar-refractivity contribution in [2.75, 3.05) is 0 Å². The molecule has 0 N–H and O–H groups in total. The maximum atomic E-state index is 2.35. The van der Waals surface area contributed by atoms with Gasteiger partial charge in [0.05, 0.1) is 0 Å². The highest BCUT2D eigenvalue weighted by molar-refractivity contribution is 4.79. The van der Waals surface area contributed by atoms with Crippen LogP contribution in [-0.4, -0.2) is 0 Å². The Hall–Kier alpha value is -0.260. The van der Waals surface area contributed by atoms with E-state index in [1.807, 2.05) is 0 Å². The summed E-state index contributed by atoms with van der Waals surface area (Å²) in [6.07, 6.45) is 33.5. The third kappa shape index (κ3) is 21.7. The van der Waals surface area contributed by atoms with Crippen LogP contribution in [0.5, 0.6) is 0 Å². The zero-order chi connectivity index (χ0) is 17.6. The standard InChI is InChI=1S/C24H48/c1-3-5-7-9-11-13-15-17-19-21-23-24-22-20-18-16-14-12-10-8-6-4-2/h5,7H,3-4,6,8-24H2,1-2H3/b7-5+. The summed E-state index contributed by atoms with van der Waals surface area (Å²) in [5.74, 6) is 0. The zero-order valence-electron chi connectivity index (χ0n) is 17.3. The SMILES string of the molecule is CC/C=C/CCCCCCCCCCCCCCCCCCCC. The quantitative estimate of drug-likeness (QED) is 0.153. The maximum Gasteiger partial charge on any atom is -0.0351 e. The Morgan fingerprint density at radius 3 is 1.04 bits per heavy atom. The molecule has 0 radical (unpaired) electrons. The van der Waals surface area contributed by atoms with Crippen LogP contribution in [0.2, 0.25) is 0 Å². The van der Waals surface area contributed by atoms with Gasteiger partial charge in [0.1, 0.15) is 0 Å². The van der Waals surface area contributed by atoms with E-state index in [-0.39, 0.29) is 0 Å². The fourth-order valence-corrected chi connectivity index (χ4v) is 3.45. The van der Waals surface area contributed by atoms with Gasteiger partial charge in [-0.1, -0.05) is 135 Å². The van der Waals surface area contributed by atoms with Gasteiger partial charge < -0.3 is 0 Å². The monoisotopic (exact) mass is 336 g/mol. The van der Waals surface area contributed by atoms with Crippen LogP contribution in [0.25, 0.3) is 0 Å². The van der Waals surface area contributed by atoms with E-state index in [4.69, 9.17) is 0 Å². The van der Waals surface area contributed by atoms with E-state index in [0.717, 1.165) is 0 Å². The summed E-state index contributed by atoms with van der Waals surface area (Å²) in [5, 5.41) is 0. The molecule has 144 valence electrons. The molecule has 0 spiro atoms. The largest absolute Gasteiger partial charge is 0.0888 e. The molecule has 0 bridgehead atoms. The Bertz CT molecular complexity index is 228. The molecule has 0 saturated carbocycles. The summed E-state index contributed by atoms with van der Waals surface area (Å²) in [4.78, 5) is 0. The highest BCUT2D eigenvalue weighted by Crippen LogP contribution is 2.14. The summed E-state index contributed by atoms with van der Waals surface area (Å²) in [6, 6.07) is 0. The summed E-state index contributed by atoms with van der Waals surface area (Å²) >= 11 is 0. The molecule has 0 heteroatoms. The van der Waals surface area contributed by atoms with E-state index < -0.39 is 0 Å². The van der Waals surface area contributed by atoms with Gasteiger partial charge in [0, 0.05) is 0 Å². The highest BCUT2D eigenvalue weighted by Gasteiger charge is 1.94. The van der Waals surface area contributed by atoms with E-state index >= 15 is 0 Å². The first-order valence-corrected chi connectivity index (χ1v) is 11.6. The van der Waals surface area contributed by atoms with Crippen LogP contribution in [-0.2, 0) is 0 Å². The lowest BCUT2D eigenvalue weighted by atomic mass is 10.0. The highest BCUT2D eigenvalue weighted by atomic mass is 14.0. The molecule has 0 aliphatic heterocycles. The molecule has 0 aliphatic carbocycles. The second-order valence-corrected chi connectivity index (χ2v) is 7.68. The summed E-state index contributed by atoms with van der Waals surface area (Å²) in [5.41, 5.74) is 0. The minimum absolute atomic E-state index is 1.19. The van der Waals surface area contributed by atoms with Crippen molar-refractivity contribution in [3.05, 3.63) is 12.2 Å². The van der Waals surface area contributed by atoms with Crippen molar-refractivity contribution >= 4 is 0 Å². The van der Waals surface area contributed by atoms with Crippen LogP contribution >= 0.6 is 0 Å². The van der Waals surface area contributed by atoms with Gasteiger partial charge in [-0.25, -0.2) is 0 Å². The summed E-state index contributed by atoms with van der Waals surface area (Å²) < 4.78 is 0. The molecule has 0 atom stereocenters. The molecule has 0 aliphatic rings. The van der Waals surface area contributed by atoms with Crippen LogP contribution < -0.4 is 0 Å². The fourth-order valence-electron chi connectivity index (χ4n) is 3.45. The number of hydrogen-bond acceptors (Lipinski definition) is 0. The lowest BCUT2D eigenvalue weighted by Gasteiger charge is -2.03. The maximum absolute atomic E-state index is 2.35. The van der Waals surface area contributed by atoms with Crippen molar-refractivity contribution in [2.45, 2.75) is 142 Å². The molecule has 0 nitrogen and oxygen atoms in total. The average molecular weight is 337 g/mol. The smallest absolute Gasteiger partial charge is 0.0351 e. The first kappa shape index (κ1) is 23.7. The second kappa shape index (κ2) is 22.7. The predicted octanol–water partition coefficient (Wildman–Crippen LogP) is 9.38. The van der Waals surface area contributed by atoms with Gasteiger partial charge in [0.2, 0.25) is 0 Å². The Morgan fingerprint density at radius 2 is 0.708 bits per heavy atom. The first-order chi connectivity index (χ1) is 11.9. The number of unbranched alkanes of at least 4 members (excludes halogenated alkanes) is 18. The molecule has 0 rings (SSSR count). The average Bonchev–Trinajstić information content (AvgIpc) is 2.60. The van der Waals surface area contributed by atoms with Gasteiger partial charge >= 0.3 is 0 Å². The molecular formula is C24H48. The third-order valence-electron chi connectivity index (χ3n) is 5.13. The predicted molar refractivity (Wildman–Crippen MR) is 113 cm³/mol. The molecule has 0 heterocycles. The van der Waals surface area contributed by atoms with Crippen LogP contribution in [0.1, 0.15) is 142 Å². The molecule has 0 aromatic heterocycles. The molecule has 0 aromatic carbocycles. The molecule has 24 heavy (non-hydrogen) atoms. The van der Waals surface area contributed by atoms with Crippen molar-refractivity contribution in [3.63, 3.8) is 0 Å². The minimum atomic E-state index is 1.19. The molecule has 0 fully saturated rings. The van der Waals surface area contributed by atoms with E-state index in [1.54, 1.807) is 0 Å². The van der Waals surface area contributed by atoms with Gasteiger partial charge in [-0.3, -0.25) is 0 Å². The number of hydrogen-bond donors (Lipinski definition) is 0. The van der Waals surface area contributed by atoms with Gasteiger partial charge in [0.25, 0.3) is 0 Å². The van der Waals surface area contributed by atoms with Crippen molar-refractivity contribution < 1.29 is 0 Å². The Balaban J connectivity index is 2.97. The van der Waals surface area contributed by atoms with Gasteiger partial charge in [0.15, 0.2) is 0 Å². The fraction of sp³-hybridized carbons (Fsp3) is 0.917. The van der Waals surface area contributed by atoms with E-state index in [9.17, 15) is 0 Å². The van der Waals surface area contributed by atoms with Crippen LogP contribution in [0.15, 0.2) is 12.2 Å². The number of allylic oxidation sites excluding steroid dienone is 2. The van der Waals surface area contributed by atoms with Crippen LogP contribution in [0.3, 0.4) is 0 Å². The second-order valence-electron chi connectivity index (χ2n) is 7.68. The van der Waals surface area contributed by atoms with Gasteiger partial charge in [-0.05, 0) is 19.3 Å². The lowest BCUT2D eigenvalue weighted by molar-refractivity contribution is 0.525. The van der Waals surface area contributed by atoms with Crippen molar-refractivity contribution in [1.29, 1.82) is 0 Å². The normalized spacial score (nSPS) is 11.6. The summed E-state index contributed by atoms with van der Waals surface area (Å²) in [6.45, 7) is 4.51. The molecule has 0 amide bonds. The first-order valence-electron chi connectivity index (χ1n) is 11.6. The number of rotatable bonds is 20. The summed E-state index contributed by atoms with van der Waals surface area (Å²) in [7, 11) is 0. The van der Waals surface area contributed by atoms with E-state index in [0.29, 0.717) is 0 Å². The topological polar surface area (TPSA) is 0 Å². The zero-order valence-corrected chi connectivity index (χ0v) is 17.3. The van der Waals surface area contributed by atoms with E-state index in [1.165, 1.54) is 128 Å². The third-order valence-corrected chi connectivity index (χ3v) is 5.13. The Kier molecular flexibility index (Phi) is 22.5. The van der Waals surface area contributed by atoms with Crippen molar-refractivity contribution in [3.8, 4) is 0 Å². The molecule has 0 aromatic rings.